The van der Waals surface area contributed by atoms with Crippen LogP contribution in [0.15, 0.2) is 27.8 Å². The fourth-order valence-electron chi connectivity index (χ4n) is 3.16. The summed E-state index contributed by atoms with van der Waals surface area (Å²) in [6.45, 7) is 4.71. The van der Waals surface area contributed by atoms with E-state index in [1.54, 1.807) is 18.2 Å². The zero-order chi connectivity index (χ0) is 19.3. The Hall–Kier alpha value is -2.46. The Morgan fingerprint density at radius 1 is 1.04 bits per heavy atom. The molecule has 0 atom stereocenters. The van der Waals surface area contributed by atoms with Crippen LogP contribution in [0.3, 0.4) is 0 Å². The molecule has 2 saturated heterocycles. The molecule has 1 aromatic carbocycles. The van der Waals surface area contributed by atoms with Crippen LogP contribution in [0.4, 0.5) is 17.8 Å². The van der Waals surface area contributed by atoms with Crippen LogP contribution in [0.5, 0.6) is 5.75 Å². The van der Waals surface area contributed by atoms with E-state index in [4.69, 9.17) is 4.74 Å². The van der Waals surface area contributed by atoms with Gasteiger partial charge in [-0.15, -0.1) is 0 Å². The minimum Gasteiger partial charge on any atom is -0.507 e. The van der Waals surface area contributed by atoms with Gasteiger partial charge in [0.1, 0.15) is 5.75 Å². The lowest BCUT2D eigenvalue weighted by atomic mass is 10.2. The van der Waals surface area contributed by atoms with Crippen molar-refractivity contribution in [2.24, 2.45) is 5.10 Å². The lowest BCUT2D eigenvalue weighted by molar-refractivity contribution is 0.122. The molecule has 148 valence electrons. The van der Waals surface area contributed by atoms with E-state index in [0.717, 1.165) is 43.5 Å². The fourth-order valence-corrected chi connectivity index (χ4v) is 3.53. The van der Waals surface area contributed by atoms with Gasteiger partial charge < -0.3 is 19.6 Å². The summed E-state index contributed by atoms with van der Waals surface area (Å²) in [4.78, 5) is 18.0. The van der Waals surface area contributed by atoms with Gasteiger partial charge in [-0.1, -0.05) is 15.9 Å². The maximum absolute atomic E-state index is 9.93. The Labute approximate surface area is 171 Å². The summed E-state index contributed by atoms with van der Waals surface area (Å²) in [5.74, 6) is 1.82. The Morgan fingerprint density at radius 3 is 2.43 bits per heavy atom. The Bertz CT molecular complexity index is 852. The highest BCUT2D eigenvalue weighted by Crippen LogP contribution is 2.22. The van der Waals surface area contributed by atoms with Crippen LogP contribution in [0.25, 0.3) is 0 Å². The molecule has 4 rings (SSSR count). The predicted octanol–water partition coefficient (Wildman–Crippen LogP) is 2.22. The van der Waals surface area contributed by atoms with E-state index < -0.39 is 0 Å². The molecule has 0 radical (unpaired) electrons. The van der Waals surface area contributed by atoms with Crippen molar-refractivity contribution in [2.45, 2.75) is 12.8 Å². The van der Waals surface area contributed by atoms with Crippen LogP contribution in [-0.4, -0.2) is 65.7 Å². The number of aromatic hydroxyl groups is 1. The fraction of sp³-hybridized carbons (Fsp3) is 0.444. The molecule has 2 aliphatic rings. The van der Waals surface area contributed by atoms with Gasteiger partial charge in [0, 0.05) is 36.2 Å². The highest BCUT2D eigenvalue weighted by atomic mass is 79.9. The molecule has 0 bridgehead atoms. The molecule has 2 fully saturated rings. The Kier molecular flexibility index (Phi) is 5.87. The molecule has 2 N–H and O–H groups in total. The number of morpholine rings is 1. The second-order valence-corrected chi connectivity index (χ2v) is 7.54. The van der Waals surface area contributed by atoms with Crippen molar-refractivity contribution >= 4 is 40.0 Å². The first-order valence-electron chi connectivity index (χ1n) is 9.30. The molecule has 0 spiro atoms. The quantitative estimate of drug-likeness (QED) is 0.531. The molecule has 1 aromatic heterocycles. The van der Waals surface area contributed by atoms with E-state index in [1.165, 1.54) is 6.21 Å². The van der Waals surface area contributed by atoms with E-state index in [2.05, 4.69) is 51.2 Å². The standard InChI is InChI=1S/C18H22BrN7O2/c19-14-3-4-15(27)13(11-14)12-20-24-16-21-17(25-5-1-2-6-25)23-18(22-16)26-7-9-28-10-8-26/h3-4,11-12,27H,1-2,5-10H2,(H,21,22,23,24)/b20-12+. The number of hydrazone groups is 1. The zero-order valence-corrected chi connectivity index (χ0v) is 17.0. The number of ether oxygens (including phenoxy) is 1. The monoisotopic (exact) mass is 447 g/mol. The molecule has 0 amide bonds. The van der Waals surface area contributed by atoms with Gasteiger partial charge in [0.05, 0.1) is 19.4 Å². The lowest BCUT2D eigenvalue weighted by Gasteiger charge is -2.27. The topological polar surface area (TPSA) is 99.0 Å². The summed E-state index contributed by atoms with van der Waals surface area (Å²) in [6, 6.07) is 5.15. The average molecular weight is 448 g/mol. The average Bonchev–Trinajstić information content (AvgIpc) is 3.26. The molecule has 2 aromatic rings. The van der Waals surface area contributed by atoms with Crippen molar-refractivity contribution in [2.75, 3.05) is 54.6 Å². The third-order valence-corrected chi connectivity index (χ3v) is 5.15. The van der Waals surface area contributed by atoms with Crippen LogP contribution < -0.4 is 15.2 Å². The number of halogens is 1. The van der Waals surface area contributed by atoms with Gasteiger partial charge in [-0.05, 0) is 31.0 Å². The molecule has 28 heavy (non-hydrogen) atoms. The summed E-state index contributed by atoms with van der Waals surface area (Å²) >= 11 is 3.39. The number of hydrogen-bond acceptors (Lipinski definition) is 9. The van der Waals surface area contributed by atoms with Crippen molar-refractivity contribution in [1.29, 1.82) is 0 Å². The second-order valence-electron chi connectivity index (χ2n) is 6.63. The first kappa shape index (κ1) is 18.9. The molecular weight excluding hydrogens is 426 g/mol. The number of rotatable bonds is 5. The van der Waals surface area contributed by atoms with E-state index in [0.29, 0.717) is 36.6 Å². The van der Waals surface area contributed by atoms with Gasteiger partial charge in [0.2, 0.25) is 17.8 Å². The number of aromatic nitrogens is 3. The molecule has 0 saturated carbocycles. The van der Waals surface area contributed by atoms with Crippen molar-refractivity contribution in [3.63, 3.8) is 0 Å². The smallest absolute Gasteiger partial charge is 0.250 e. The molecule has 0 unspecified atom stereocenters. The van der Waals surface area contributed by atoms with Crippen molar-refractivity contribution in [3.8, 4) is 5.75 Å². The molecule has 3 heterocycles. The summed E-state index contributed by atoms with van der Waals surface area (Å²) in [7, 11) is 0. The number of phenols is 1. The molecule has 9 nitrogen and oxygen atoms in total. The minimum absolute atomic E-state index is 0.149. The van der Waals surface area contributed by atoms with E-state index in [1.807, 2.05) is 0 Å². The Balaban J connectivity index is 1.56. The zero-order valence-electron chi connectivity index (χ0n) is 15.4. The number of benzene rings is 1. The van der Waals surface area contributed by atoms with Crippen molar-refractivity contribution in [1.82, 2.24) is 15.0 Å². The van der Waals surface area contributed by atoms with Gasteiger partial charge in [-0.3, -0.25) is 0 Å². The summed E-state index contributed by atoms with van der Waals surface area (Å²) in [5.41, 5.74) is 3.47. The number of hydrogen-bond donors (Lipinski definition) is 2. The third kappa shape index (κ3) is 4.50. The second kappa shape index (κ2) is 8.70. The van der Waals surface area contributed by atoms with Crippen LogP contribution >= 0.6 is 15.9 Å². The van der Waals surface area contributed by atoms with Crippen LogP contribution in [-0.2, 0) is 4.74 Å². The molecular formula is C18H22BrN7O2. The number of nitrogens with zero attached hydrogens (tertiary/aromatic N) is 6. The summed E-state index contributed by atoms with van der Waals surface area (Å²) < 4.78 is 6.29. The first-order chi connectivity index (χ1) is 13.7. The van der Waals surface area contributed by atoms with E-state index in [-0.39, 0.29) is 5.75 Å². The van der Waals surface area contributed by atoms with E-state index in [9.17, 15) is 5.11 Å². The van der Waals surface area contributed by atoms with Gasteiger partial charge in [0.25, 0.3) is 0 Å². The Morgan fingerprint density at radius 2 is 1.71 bits per heavy atom. The van der Waals surface area contributed by atoms with Gasteiger partial charge >= 0.3 is 0 Å². The maximum Gasteiger partial charge on any atom is 0.250 e. The van der Waals surface area contributed by atoms with E-state index >= 15 is 0 Å². The van der Waals surface area contributed by atoms with Crippen LogP contribution in [0, 0.1) is 0 Å². The summed E-state index contributed by atoms with van der Waals surface area (Å²) in [6.07, 6.45) is 3.82. The maximum atomic E-state index is 9.93. The predicted molar refractivity (Wildman–Crippen MR) is 111 cm³/mol. The number of nitrogens with one attached hydrogen (secondary N) is 1. The molecule has 10 heteroatoms. The van der Waals surface area contributed by atoms with Crippen LogP contribution in [0.2, 0.25) is 0 Å². The van der Waals surface area contributed by atoms with Gasteiger partial charge in [0.15, 0.2) is 0 Å². The van der Waals surface area contributed by atoms with Crippen LogP contribution in [0.1, 0.15) is 18.4 Å². The lowest BCUT2D eigenvalue weighted by Crippen LogP contribution is -2.38. The normalized spacial score (nSPS) is 17.5. The third-order valence-electron chi connectivity index (χ3n) is 4.65. The largest absolute Gasteiger partial charge is 0.507 e. The van der Waals surface area contributed by atoms with Gasteiger partial charge in [-0.2, -0.15) is 20.1 Å². The highest BCUT2D eigenvalue weighted by molar-refractivity contribution is 9.10. The summed E-state index contributed by atoms with van der Waals surface area (Å²) in [5, 5.41) is 14.1. The highest BCUT2D eigenvalue weighted by Gasteiger charge is 2.21. The SMILES string of the molecule is Oc1ccc(Br)cc1/C=N/Nc1nc(N2CCCC2)nc(N2CCOCC2)n1. The first-order valence-corrected chi connectivity index (χ1v) is 10.1. The number of phenolic OH excluding ortho intramolecular Hbond substituents is 1. The molecule has 0 aliphatic carbocycles. The van der Waals surface area contributed by atoms with Crippen molar-refractivity contribution in [3.05, 3.63) is 28.2 Å². The number of anilines is 3. The minimum atomic E-state index is 0.149. The van der Waals surface area contributed by atoms with Gasteiger partial charge in [-0.25, -0.2) is 5.43 Å². The molecule has 2 aliphatic heterocycles. The van der Waals surface area contributed by atoms with Crippen molar-refractivity contribution < 1.29 is 9.84 Å².